The number of piperazine rings is 1. The molecule has 2 heterocycles. The summed E-state index contributed by atoms with van der Waals surface area (Å²) in [6.07, 6.45) is 1.50. The van der Waals surface area contributed by atoms with Crippen molar-refractivity contribution in [2.75, 3.05) is 49.1 Å². The fourth-order valence-electron chi connectivity index (χ4n) is 3.39. The van der Waals surface area contributed by atoms with E-state index in [2.05, 4.69) is 14.9 Å². The van der Waals surface area contributed by atoms with Gasteiger partial charge in [-0.3, -0.25) is 9.59 Å². The molecule has 0 saturated carbocycles. The highest BCUT2D eigenvalue weighted by atomic mass is 35.5. The maximum absolute atomic E-state index is 13.0. The average Bonchev–Trinajstić information content (AvgIpc) is 2.75. The molecule has 1 amide bonds. The van der Waals surface area contributed by atoms with Crippen molar-refractivity contribution in [3.05, 3.63) is 46.7 Å². The minimum Gasteiger partial charge on any atom is -0.368 e. The molecule has 0 atom stereocenters. The zero-order chi connectivity index (χ0) is 21.0. The third-order valence-electron chi connectivity index (χ3n) is 5.19. The van der Waals surface area contributed by atoms with Gasteiger partial charge in [-0.05, 0) is 45.0 Å². The molecule has 1 aliphatic heterocycles. The third-order valence-corrected chi connectivity index (χ3v) is 5.46. The number of anilines is 2. The summed E-state index contributed by atoms with van der Waals surface area (Å²) in [6.45, 7) is 9.68. The monoisotopic (exact) mass is 415 g/mol. The van der Waals surface area contributed by atoms with Gasteiger partial charge in [0.05, 0.1) is 11.2 Å². The Morgan fingerprint density at radius 2 is 1.69 bits per heavy atom. The Bertz CT molecular complexity index is 875. The van der Waals surface area contributed by atoms with Crippen LogP contribution in [0.4, 0.5) is 11.6 Å². The molecule has 8 heteroatoms. The van der Waals surface area contributed by atoms with Gasteiger partial charge in [-0.15, -0.1) is 0 Å². The lowest BCUT2D eigenvalue weighted by molar-refractivity contribution is 0.0740. The molecule has 7 nitrogen and oxygen atoms in total. The molecule has 1 fully saturated rings. The van der Waals surface area contributed by atoms with Crippen molar-refractivity contribution in [1.82, 2.24) is 14.9 Å². The van der Waals surface area contributed by atoms with Crippen LogP contribution in [0.25, 0.3) is 0 Å². The van der Waals surface area contributed by atoms with Crippen LogP contribution in [0.2, 0.25) is 5.02 Å². The maximum Gasteiger partial charge on any atom is 0.274 e. The fourth-order valence-corrected chi connectivity index (χ4v) is 3.56. The molecular weight excluding hydrogens is 390 g/mol. The van der Waals surface area contributed by atoms with Gasteiger partial charge < -0.3 is 14.7 Å². The number of aromatic nitrogens is 2. The molecule has 0 bridgehead atoms. The number of carbonyl (C=O) groups is 2. The van der Waals surface area contributed by atoms with Gasteiger partial charge in [0.25, 0.3) is 5.91 Å². The van der Waals surface area contributed by atoms with E-state index in [0.717, 1.165) is 18.8 Å². The van der Waals surface area contributed by atoms with Crippen LogP contribution in [-0.4, -0.2) is 65.8 Å². The topological polar surface area (TPSA) is 69.6 Å². The summed E-state index contributed by atoms with van der Waals surface area (Å²) >= 11 is 6.24. The van der Waals surface area contributed by atoms with Gasteiger partial charge >= 0.3 is 0 Å². The number of ketones is 1. The highest BCUT2D eigenvalue weighted by Crippen LogP contribution is 2.21. The zero-order valence-corrected chi connectivity index (χ0v) is 17.8. The van der Waals surface area contributed by atoms with Crippen LogP contribution in [0.15, 0.2) is 30.5 Å². The Kier molecular flexibility index (Phi) is 6.69. The lowest BCUT2D eigenvalue weighted by Gasteiger charge is -2.36. The summed E-state index contributed by atoms with van der Waals surface area (Å²) in [7, 11) is 0. The van der Waals surface area contributed by atoms with E-state index >= 15 is 0 Å². The summed E-state index contributed by atoms with van der Waals surface area (Å²) in [5.41, 5.74) is 2.00. The van der Waals surface area contributed by atoms with Gasteiger partial charge in [-0.25, -0.2) is 9.97 Å². The van der Waals surface area contributed by atoms with Crippen molar-refractivity contribution in [3.63, 3.8) is 0 Å². The van der Waals surface area contributed by atoms with Crippen molar-refractivity contribution >= 4 is 34.9 Å². The standard InChI is InChI=1S/C21H26ClN5O2/c1-4-25(5-2)21-23-14-18(22)19(24-21)20(29)27-12-10-26(11-13-27)17-8-6-16(7-9-17)15(3)28/h6-9,14H,4-5,10-13H2,1-3H3. The first-order valence-electron chi connectivity index (χ1n) is 9.87. The number of nitrogens with zero attached hydrogens (tertiary/aromatic N) is 5. The number of carbonyl (C=O) groups excluding carboxylic acids is 2. The first-order chi connectivity index (χ1) is 13.9. The molecule has 0 N–H and O–H groups in total. The van der Waals surface area contributed by atoms with Crippen LogP contribution in [0.5, 0.6) is 0 Å². The number of hydrogen-bond donors (Lipinski definition) is 0. The third kappa shape index (κ3) is 4.67. The van der Waals surface area contributed by atoms with Crippen molar-refractivity contribution in [1.29, 1.82) is 0 Å². The number of benzene rings is 1. The van der Waals surface area contributed by atoms with E-state index in [0.29, 0.717) is 37.7 Å². The van der Waals surface area contributed by atoms with E-state index in [1.165, 1.54) is 6.20 Å². The first-order valence-corrected chi connectivity index (χ1v) is 10.2. The van der Waals surface area contributed by atoms with Gasteiger partial charge in [0.15, 0.2) is 11.5 Å². The van der Waals surface area contributed by atoms with E-state index in [1.807, 2.05) is 43.0 Å². The Hall–Kier alpha value is -2.67. The highest BCUT2D eigenvalue weighted by Gasteiger charge is 2.26. The van der Waals surface area contributed by atoms with Gasteiger partial charge in [0.1, 0.15) is 0 Å². The number of Topliss-reactive ketones (excluding diaryl/α,β-unsaturated/α-hetero) is 1. The van der Waals surface area contributed by atoms with Gasteiger partial charge in [-0.1, -0.05) is 11.6 Å². The van der Waals surface area contributed by atoms with E-state index in [4.69, 9.17) is 11.6 Å². The second-order valence-electron chi connectivity index (χ2n) is 6.92. The molecule has 154 valence electrons. The predicted molar refractivity (Wildman–Crippen MR) is 115 cm³/mol. The van der Waals surface area contributed by atoms with Gasteiger partial charge in [0.2, 0.25) is 5.95 Å². The molecule has 1 saturated heterocycles. The van der Waals surface area contributed by atoms with Crippen LogP contribution in [-0.2, 0) is 0 Å². The van der Waals surface area contributed by atoms with Gasteiger partial charge in [-0.2, -0.15) is 0 Å². The van der Waals surface area contributed by atoms with E-state index < -0.39 is 0 Å². The molecule has 0 unspecified atom stereocenters. The Labute approximate surface area is 176 Å². The molecule has 1 aliphatic rings. The van der Waals surface area contributed by atoms with Crippen LogP contribution >= 0.6 is 11.6 Å². The van der Waals surface area contributed by atoms with Crippen LogP contribution in [0.1, 0.15) is 41.6 Å². The van der Waals surface area contributed by atoms with Crippen molar-refractivity contribution in [3.8, 4) is 0 Å². The molecule has 29 heavy (non-hydrogen) atoms. The van der Waals surface area contributed by atoms with Crippen molar-refractivity contribution in [2.24, 2.45) is 0 Å². The Balaban J connectivity index is 1.68. The van der Waals surface area contributed by atoms with E-state index in [9.17, 15) is 9.59 Å². The van der Waals surface area contributed by atoms with Crippen LogP contribution < -0.4 is 9.80 Å². The SMILES string of the molecule is CCN(CC)c1ncc(Cl)c(C(=O)N2CCN(c3ccc(C(C)=O)cc3)CC2)n1. The Morgan fingerprint density at radius 1 is 1.07 bits per heavy atom. The molecule has 1 aromatic heterocycles. The van der Waals surface area contributed by atoms with E-state index in [-0.39, 0.29) is 22.4 Å². The molecule has 0 aliphatic carbocycles. The summed E-state index contributed by atoms with van der Waals surface area (Å²) in [4.78, 5) is 39.1. The molecule has 1 aromatic carbocycles. The molecule has 0 radical (unpaired) electrons. The van der Waals surface area contributed by atoms with E-state index in [1.54, 1.807) is 11.8 Å². The maximum atomic E-state index is 13.0. The average molecular weight is 416 g/mol. The van der Waals surface area contributed by atoms with Crippen molar-refractivity contribution < 1.29 is 9.59 Å². The lowest BCUT2D eigenvalue weighted by Crippen LogP contribution is -2.49. The van der Waals surface area contributed by atoms with Crippen LogP contribution in [0.3, 0.4) is 0 Å². The second kappa shape index (κ2) is 9.22. The summed E-state index contributed by atoms with van der Waals surface area (Å²) < 4.78 is 0. The van der Waals surface area contributed by atoms with Crippen molar-refractivity contribution in [2.45, 2.75) is 20.8 Å². The number of halogens is 1. The highest BCUT2D eigenvalue weighted by molar-refractivity contribution is 6.33. The predicted octanol–water partition coefficient (Wildman–Crippen LogP) is 3.14. The fraction of sp³-hybridized carbons (Fsp3) is 0.429. The summed E-state index contributed by atoms with van der Waals surface area (Å²) in [5.74, 6) is 0.405. The normalized spacial score (nSPS) is 14.1. The largest absolute Gasteiger partial charge is 0.368 e. The zero-order valence-electron chi connectivity index (χ0n) is 17.1. The molecule has 0 spiro atoms. The molecular formula is C21H26ClN5O2. The minimum atomic E-state index is -0.169. The quantitative estimate of drug-likeness (QED) is 0.675. The molecule has 2 aromatic rings. The first kappa shape index (κ1) is 21.0. The Morgan fingerprint density at radius 3 is 2.24 bits per heavy atom. The smallest absolute Gasteiger partial charge is 0.274 e. The lowest BCUT2D eigenvalue weighted by atomic mass is 10.1. The second-order valence-corrected chi connectivity index (χ2v) is 7.33. The summed E-state index contributed by atoms with van der Waals surface area (Å²) in [5, 5.41) is 0.271. The number of hydrogen-bond acceptors (Lipinski definition) is 6. The number of rotatable bonds is 6. The van der Waals surface area contributed by atoms with Gasteiger partial charge in [0, 0.05) is 50.5 Å². The van der Waals surface area contributed by atoms with Crippen LogP contribution in [0, 0.1) is 0 Å². The minimum absolute atomic E-state index is 0.0535. The number of amides is 1. The summed E-state index contributed by atoms with van der Waals surface area (Å²) in [6, 6.07) is 7.58. The molecule has 3 rings (SSSR count).